The number of nitrogens with one attached hydrogen (secondary N) is 2. The molecule has 0 atom stereocenters. The van der Waals surface area contributed by atoms with E-state index in [2.05, 4.69) is 15.6 Å². The van der Waals surface area contributed by atoms with Gasteiger partial charge < -0.3 is 10.6 Å². The van der Waals surface area contributed by atoms with Crippen LogP contribution in [0.4, 0.5) is 8.78 Å². The second-order valence-electron chi connectivity index (χ2n) is 5.81. The van der Waals surface area contributed by atoms with Crippen molar-refractivity contribution < 1.29 is 17.2 Å². The van der Waals surface area contributed by atoms with Crippen molar-refractivity contribution in [1.82, 2.24) is 10.6 Å². The standard InChI is InChI=1S/C19H23F2N3O2S.HI/c1-2-22-19(23-12-11-15-7-9-16(20)10-8-15)24-13-14-27(25,26)18-6-4-3-5-17(18)21;/h3-10H,2,11-14H2,1H3,(H2,22,23,24);1H. The van der Waals surface area contributed by atoms with E-state index in [0.29, 0.717) is 25.5 Å². The Morgan fingerprint density at radius 2 is 1.71 bits per heavy atom. The molecule has 0 heterocycles. The second kappa shape index (κ2) is 11.9. The van der Waals surface area contributed by atoms with Crippen LogP contribution in [0, 0.1) is 11.6 Å². The molecule has 0 saturated carbocycles. The summed E-state index contributed by atoms with van der Waals surface area (Å²) in [5.41, 5.74) is 0.974. The summed E-state index contributed by atoms with van der Waals surface area (Å²) in [6.45, 7) is 3.07. The molecule has 0 amide bonds. The van der Waals surface area contributed by atoms with Crippen molar-refractivity contribution in [1.29, 1.82) is 0 Å². The molecule has 0 aliphatic heterocycles. The lowest BCUT2D eigenvalue weighted by atomic mass is 10.1. The molecule has 2 N–H and O–H groups in total. The molecule has 154 valence electrons. The Kier molecular flexibility index (Phi) is 10.4. The Labute approximate surface area is 181 Å². The van der Waals surface area contributed by atoms with Crippen LogP contribution in [-0.2, 0) is 16.3 Å². The van der Waals surface area contributed by atoms with Crippen molar-refractivity contribution in [3.8, 4) is 0 Å². The fourth-order valence-corrected chi connectivity index (χ4v) is 3.61. The molecule has 0 aromatic heterocycles. The lowest BCUT2D eigenvalue weighted by molar-refractivity contribution is 0.567. The van der Waals surface area contributed by atoms with E-state index >= 15 is 0 Å². The summed E-state index contributed by atoms with van der Waals surface area (Å²) < 4.78 is 51.1. The number of benzene rings is 2. The predicted octanol–water partition coefficient (Wildman–Crippen LogP) is 3.15. The van der Waals surface area contributed by atoms with Crippen LogP contribution in [0.25, 0.3) is 0 Å². The van der Waals surface area contributed by atoms with Gasteiger partial charge in [0.1, 0.15) is 16.5 Å². The molecule has 0 saturated heterocycles. The highest BCUT2D eigenvalue weighted by Gasteiger charge is 2.18. The number of sulfone groups is 1. The Morgan fingerprint density at radius 3 is 2.36 bits per heavy atom. The minimum Gasteiger partial charge on any atom is -0.357 e. The van der Waals surface area contributed by atoms with Crippen LogP contribution < -0.4 is 10.6 Å². The summed E-state index contributed by atoms with van der Waals surface area (Å²) in [6.07, 6.45) is 0.665. The SMILES string of the molecule is CCNC(=NCCS(=O)(=O)c1ccccc1F)NCCc1ccc(F)cc1.I. The first kappa shape index (κ1) is 24.3. The van der Waals surface area contributed by atoms with E-state index in [0.717, 1.165) is 11.6 Å². The molecule has 2 rings (SSSR count). The van der Waals surface area contributed by atoms with Crippen LogP contribution >= 0.6 is 24.0 Å². The van der Waals surface area contributed by atoms with Crippen LogP contribution in [0.1, 0.15) is 12.5 Å². The van der Waals surface area contributed by atoms with E-state index in [-0.39, 0.29) is 47.0 Å². The third-order valence-electron chi connectivity index (χ3n) is 3.77. The molecule has 2 aromatic carbocycles. The fraction of sp³-hybridized carbons (Fsp3) is 0.316. The largest absolute Gasteiger partial charge is 0.357 e. The lowest BCUT2D eigenvalue weighted by Crippen LogP contribution is -2.38. The van der Waals surface area contributed by atoms with Crippen molar-refractivity contribution in [2.75, 3.05) is 25.4 Å². The molecule has 0 aliphatic rings. The Hall–Kier alpha value is -1.75. The van der Waals surface area contributed by atoms with Gasteiger partial charge in [-0.25, -0.2) is 17.2 Å². The third-order valence-corrected chi connectivity index (χ3v) is 5.49. The molecule has 0 spiro atoms. The number of rotatable bonds is 8. The van der Waals surface area contributed by atoms with Crippen molar-refractivity contribution in [2.24, 2.45) is 4.99 Å². The zero-order valence-corrected chi connectivity index (χ0v) is 18.6. The molecule has 0 bridgehead atoms. The van der Waals surface area contributed by atoms with Crippen molar-refractivity contribution in [2.45, 2.75) is 18.2 Å². The summed E-state index contributed by atoms with van der Waals surface area (Å²) in [5.74, 6) is -0.852. The quantitative estimate of drug-likeness (QED) is 0.317. The average molecular weight is 523 g/mol. The molecule has 0 fully saturated rings. The number of guanidine groups is 1. The van der Waals surface area contributed by atoms with E-state index in [9.17, 15) is 17.2 Å². The van der Waals surface area contributed by atoms with Gasteiger partial charge in [-0.15, -0.1) is 24.0 Å². The van der Waals surface area contributed by atoms with E-state index in [4.69, 9.17) is 0 Å². The monoisotopic (exact) mass is 523 g/mol. The average Bonchev–Trinajstić information content (AvgIpc) is 2.63. The van der Waals surface area contributed by atoms with Crippen molar-refractivity contribution in [3.63, 3.8) is 0 Å². The van der Waals surface area contributed by atoms with E-state index in [1.54, 1.807) is 12.1 Å². The van der Waals surface area contributed by atoms with E-state index < -0.39 is 15.7 Å². The Morgan fingerprint density at radius 1 is 1.04 bits per heavy atom. The van der Waals surface area contributed by atoms with Gasteiger partial charge in [-0.1, -0.05) is 24.3 Å². The molecule has 28 heavy (non-hydrogen) atoms. The summed E-state index contributed by atoms with van der Waals surface area (Å²) in [5, 5.41) is 6.12. The van der Waals surface area contributed by atoms with Crippen molar-refractivity contribution >= 4 is 39.8 Å². The molecule has 5 nitrogen and oxygen atoms in total. The van der Waals surface area contributed by atoms with E-state index in [1.807, 2.05) is 6.92 Å². The van der Waals surface area contributed by atoms with E-state index in [1.165, 1.54) is 30.3 Å². The molecule has 0 unspecified atom stereocenters. The molecule has 2 aromatic rings. The number of hydrogen-bond acceptors (Lipinski definition) is 3. The summed E-state index contributed by atoms with van der Waals surface area (Å²) in [6, 6.07) is 11.5. The topological polar surface area (TPSA) is 70.6 Å². The van der Waals surface area contributed by atoms with Crippen LogP contribution in [0.15, 0.2) is 58.4 Å². The Balaban J connectivity index is 0.00000392. The smallest absolute Gasteiger partial charge is 0.191 e. The fourth-order valence-electron chi connectivity index (χ4n) is 2.40. The Bertz CT molecular complexity index is 875. The molecule has 0 radical (unpaired) electrons. The highest BCUT2D eigenvalue weighted by Crippen LogP contribution is 2.15. The van der Waals surface area contributed by atoms with Crippen LogP contribution in [0.2, 0.25) is 0 Å². The van der Waals surface area contributed by atoms with Gasteiger partial charge in [0.15, 0.2) is 15.8 Å². The van der Waals surface area contributed by atoms with Gasteiger partial charge >= 0.3 is 0 Å². The first-order valence-corrected chi connectivity index (χ1v) is 10.3. The summed E-state index contributed by atoms with van der Waals surface area (Å²) in [4.78, 5) is 3.92. The first-order chi connectivity index (χ1) is 12.9. The maximum atomic E-state index is 13.7. The van der Waals surface area contributed by atoms with Crippen LogP contribution in [0.5, 0.6) is 0 Å². The summed E-state index contributed by atoms with van der Waals surface area (Å²) in [7, 11) is -3.74. The number of halogens is 3. The first-order valence-electron chi connectivity index (χ1n) is 8.66. The maximum Gasteiger partial charge on any atom is 0.191 e. The van der Waals surface area contributed by atoms with Gasteiger partial charge in [0.25, 0.3) is 0 Å². The second-order valence-corrected chi connectivity index (χ2v) is 7.89. The highest BCUT2D eigenvalue weighted by molar-refractivity contribution is 14.0. The third kappa shape index (κ3) is 7.70. The van der Waals surface area contributed by atoms with Gasteiger partial charge in [0.05, 0.1) is 12.3 Å². The predicted molar refractivity (Wildman–Crippen MR) is 118 cm³/mol. The highest BCUT2D eigenvalue weighted by atomic mass is 127. The minimum absolute atomic E-state index is 0. The van der Waals surface area contributed by atoms with Gasteiger partial charge in [-0.05, 0) is 43.2 Å². The lowest BCUT2D eigenvalue weighted by Gasteiger charge is -2.11. The zero-order chi connectivity index (χ0) is 19.7. The molecule has 0 aliphatic carbocycles. The van der Waals surface area contributed by atoms with Crippen molar-refractivity contribution in [3.05, 3.63) is 65.7 Å². The molecular weight excluding hydrogens is 499 g/mol. The van der Waals surface area contributed by atoms with Gasteiger partial charge in [-0.2, -0.15) is 0 Å². The summed E-state index contributed by atoms with van der Waals surface area (Å²) >= 11 is 0. The van der Waals surface area contributed by atoms with Crippen LogP contribution in [0.3, 0.4) is 0 Å². The molecular formula is C19H24F2IN3O2S. The van der Waals surface area contributed by atoms with Crippen LogP contribution in [-0.4, -0.2) is 39.8 Å². The number of aliphatic imine (C=N–C) groups is 1. The maximum absolute atomic E-state index is 13.7. The normalized spacial score (nSPS) is 11.6. The minimum atomic E-state index is -3.74. The van der Waals surface area contributed by atoms with Gasteiger partial charge in [0, 0.05) is 13.1 Å². The van der Waals surface area contributed by atoms with Gasteiger partial charge in [-0.3, -0.25) is 4.99 Å². The zero-order valence-electron chi connectivity index (χ0n) is 15.5. The number of nitrogens with zero attached hydrogens (tertiary/aromatic N) is 1. The molecule has 9 heteroatoms. The van der Waals surface area contributed by atoms with Gasteiger partial charge in [0.2, 0.25) is 0 Å². The number of hydrogen-bond donors (Lipinski definition) is 2.